The highest BCUT2D eigenvalue weighted by Gasteiger charge is 2.28. The number of piperidine rings is 1. The third-order valence-electron chi connectivity index (χ3n) is 4.51. The van der Waals surface area contributed by atoms with Crippen molar-refractivity contribution in [3.05, 3.63) is 17.5 Å². The van der Waals surface area contributed by atoms with Crippen molar-refractivity contribution >= 4 is 5.95 Å². The molecule has 1 N–H and O–H groups in total. The molecule has 0 spiro atoms. The molecule has 0 amide bonds. The fourth-order valence-electron chi connectivity index (χ4n) is 3.43. The van der Waals surface area contributed by atoms with E-state index in [0.717, 1.165) is 63.0 Å². The van der Waals surface area contributed by atoms with Crippen molar-refractivity contribution in [3.63, 3.8) is 0 Å². The zero-order chi connectivity index (χ0) is 15.5. The van der Waals surface area contributed by atoms with E-state index in [0.29, 0.717) is 12.6 Å². The number of rotatable bonds is 2. The van der Waals surface area contributed by atoms with Gasteiger partial charge in [0.05, 0.1) is 19.3 Å². The lowest BCUT2D eigenvalue weighted by molar-refractivity contribution is 0.0534. The van der Waals surface area contributed by atoms with E-state index in [1.54, 1.807) is 0 Å². The Morgan fingerprint density at radius 2 is 1.82 bits per heavy atom. The monoisotopic (exact) mass is 306 g/mol. The number of nitrogens with zero attached hydrogens (tertiary/aromatic N) is 4. The summed E-state index contributed by atoms with van der Waals surface area (Å²) in [4.78, 5) is 13.8. The highest BCUT2D eigenvalue weighted by atomic mass is 16.5. The summed E-state index contributed by atoms with van der Waals surface area (Å²) in [5.41, 5.74) is 2.05. The molecule has 2 aliphatic heterocycles. The van der Waals surface area contributed by atoms with Crippen LogP contribution in [0.4, 0.5) is 5.95 Å². The summed E-state index contributed by atoms with van der Waals surface area (Å²) in [5, 5.41) is 9.88. The minimum Gasteiger partial charge on any atom is -0.389 e. The van der Waals surface area contributed by atoms with Crippen LogP contribution in [0.2, 0.25) is 0 Å². The molecule has 122 valence electrons. The van der Waals surface area contributed by atoms with Crippen molar-refractivity contribution in [1.29, 1.82) is 0 Å². The van der Waals surface area contributed by atoms with Gasteiger partial charge in [-0.2, -0.15) is 0 Å². The molecule has 1 unspecified atom stereocenters. The third-order valence-corrected chi connectivity index (χ3v) is 4.51. The van der Waals surface area contributed by atoms with Crippen molar-refractivity contribution in [2.24, 2.45) is 0 Å². The molecule has 6 heteroatoms. The molecule has 0 aromatic carbocycles. The smallest absolute Gasteiger partial charge is 0.225 e. The van der Waals surface area contributed by atoms with Crippen molar-refractivity contribution in [2.45, 2.75) is 38.8 Å². The Bertz CT molecular complexity index is 483. The van der Waals surface area contributed by atoms with Crippen molar-refractivity contribution in [1.82, 2.24) is 14.9 Å². The summed E-state index contributed by atoms with van der Waals surface area (Å²) in [7, 11) is 0. The maximum atomic E-state index is 9.88. The molecule has 2 aliphatic rings. The minimum absolute atomic E-state index is 0.358. The van der Waals surface area contributed by atoms with Crippen molar-refractivity contribution in [3.8, 4) is 0 Å². The van der Waals surface area contributed by atoms with Crippen LogP contribution in [0.1, 0.15) is 24.2 Å². The van der Waals surface area contributed by atoms with Gasteiger partial charge >= 0.3 is 0 Å². The zero-order valence-corrected chi connectivity index (χ0v) is 13.5. The van der Waals surface area contributed by atoms with Crippen LogP contribution >= 0.6 is 0 Å². The maximum absolute atomic E-state index is 9.88. The highest BCUT2D eigenvalue weighted by Crippen LogP contribution is 2.21. The number of aryl methyl sites for hydroxylation is 2. The summed E-state index contributed by atoms with van der Waals surface area (Å²) < 4.78 is 5.42. The van der Waals surface area contributed by atoms with E-state index in [4.69, 9.17) is 4.74 Å². The number of aliphatic hydroxyl groups is 1. The molecule has 0 aliphatic carbocycles. The molecule has 0 radical (unpaired) electrons. The van der Waals surface area contributed by atoms with Gasteiger partial charge < -0.3 is 14.7 Å². The van der Waals surface area contributed by atoms with Crippen LogP contribution in [0.15, 0.2) is 6.07 Å². The second kappa shape index (κ2) is 6.89. The number of hydrogen-bond donors (Lipinski definition) is 1. The van der Waals surface area contributed by atoms with E-state index < -0.39 is 0 Å². The fourth-order valence-corrected chi connectivity index (χ4v) is 3.43. The van der Waals surface area contributed by atoms with Crippen LogP contribution in [0.3, 0.4) is 0 Å². The van der Waals surface area contributed by atoms with Crippen LogP contribution < -0.4 is 4.90 Å². The van der Waals surface area contributed by atoms with E-state index >= 15 is 0 Å². The molecule has 1 aromatic rings. The first kappa shape index (κ1) is 15.6. The quantitative estimate of drug-likeness (QED) is 0.870. The Hall–Kier alpha value is -1.24. The summed E-state index contributed by atoms with van der Waals surface area (Å²) in [6.45, 7) is 8.81. The normalized spacial score (nSPS) is 25.2. The molecule has 3 heterocycles. The lowest BCUT2D eigenvalue weighted by Gasteiger charge is -2.38. The zero-order valence-electron chi connectivity index (χ0n) is 13.5. The molecule has 1 atom stereocenters. The summed E-state index contributed by atoms with van der Waals surface area (Å²) in [6, 6.07) is 2.54. The standard InChI is InChI=1S/C16H26N4O2/c1-12-9-13(2)18-16(17-12)19-5-3-14(4-6-19)20-7-8-22-11-15(21)10-20/h9,14-15,21H,3-8,10-11H2,1-2H3. The predicted molar refractivity (Wildman–Crippen MR) is 85.1 cm³/mol. The van der Waals surface area contributed by atoms with Gasteiger partial charge in [-0.05, 0) is 32.8 Å². The maximum Gasteiger partial charge on any atom is 0.225 e. The molecular formula is C16H26N4O2. The van der Waals surface area contributed by atoms with Gasteiger partial charge in [0.15, 0.2) is 0 Å². The Morgan fingerprint density at radius 3 is 2.50 bits per heavy atom. The first-order valence-electron chi connectivity index (χ1n) is 8.19. The number of aromatic nitrogens is 2. The number of anilines is 1. The molecule has 22 heavy (non-hydrogen) atoms. The summed E-state index contributed by atoms with van der Waals surface area (Å²) in [6.07, 6.45) is 1.81. The summed E-state index contributed by atoms with van der Waals surface area (Å²) >= 11 is 0. The number of β-amino-alcohol motifs (C(OH)–C–C–N with tert-alkyl or cyclic N) is 1. The average molecular weight is 306 g/mol. The van der Waals surface area contributed by atoms with Crippen LogP contribution in [0, 0.1) is 13.8 Å². The summed E-state index contributed by atoms with van der Waals surface area (Å²) in [5.74, 6) is 0.857. The fraction of sp³-hybridized carbons (Fsp3) is 0.750. The van der Waals surface area contributed by atoms with Gasteiger partial charge in [0.1, 0.15) is 0 Å². The lowest BCUT2D eigenvalue weighted by atomic mass is 10.0. The largest absolute Gasteiger partial charge is 0.389 e. The van der Waals surface area contributed by atoms with Crippen molar-refractivity contribution < 1.29 is 9.84 Å². The second-order valence-corrected chi connectivity index (χ2v) is 6.39. The van der Waals surface area contributed by atoms with Crippen molar-refractivity contribution in [2.75, 3.05) is 44.3 Å². The number of ether oxygens (including phenoxy) is 1. The van der Waals surface area contributed by atoms with Gasteiger partial charge in [-0.25, -0.2) is 9.97 Å². The van der Waals surface area contributed by atoms with E-state index in [-0.39, 0.29) is 6.10 Å². The van der Waals surface area contributed by atoms with Crippen LogP contribution in [-0.4, -0.2) is 71.5 Å². The van der Waals surface area contributed by atoms with Gasteiger partial charge in [-0.3, -0.25) is 4.90 Å². The van der Waals surface area contributed by atoms with Gasteiger partial charge in [-0.15, -0.1) is 0 Å². The molecule has 6 nitrogen and oxygen atoms in total. The third kappa shape index (κ3) is 3.74. The Kier molecular flexibility index (Phi) is 4.90. The minimum atomic E-state index is -0.358. The highest BCUT2D eigenvalue weighted by molar-refractivity contribution is 5.32. The molecule has 2 saturated heterocycles. The van der Waals surface area contributed by atoms with Crippen LogP contribution in [0.25, 0.3) is 0 Å². The molecule has 2 fully saturated rings. The molecule has 1 aromatic heterocycles. The predicted octanol–water partition coefficient (Wildman–Crippen LogP) is 0.755. The van der Waals surface area contributed by atoms with E-state index in [9.17, 15) is 5.11 Å². The topological polar surface area (TPSA) is 61.7 Å². The Morgan fingerprint density at radius 1 is 1.14 bits per heavy atom. The number of hydrogen-bond acceptors (Lipinski definition) is 6. The van der Waals surface area contributed by atoms with Gasteiger partial charge in [0, 0.05) is 43.6 Å². The average Bonchev–Trinajstić information content (AvgIpc) is 2.71. The molecule has 0 saturated carbocycles. The van der Waals surface area contributed by atoms with E-state index in [1.165, 1.54) is 0 Å². The van der Waals surface area contributed by atoms with Gasteiger partial charge in [-0.1, -0.05) is 0 Å². The van der Waals surface area contributed by atoms with Crippen LogP contribution in [-0.2, 0) is 4.74 Å². The second-order valence-electron chi connectivity index (χ2n) is 6.39. The first-order valence-corrected chi connectivity index (χ1v) is 8.19. The van der Waals surface area contributed by atoms with Gasteiger partial charge in [0.25, 0.3) is 0 Å². The van der Waals surface area contributed by atoms with E-state index in [1.807, 2.05) is 19.9 Å². The SMILES string of the molecule is Cc1cc(C)nc(N2CCC(N3CCOCC(O)C3)CC2)n1. The van der Waals surface area contributed by atoms with Crippen LogP contribution in [0.5, 0.6) is 0 Å². The lowest BCUT2D eigenvalue weighted by Crippen LogP contribution is -2.47. The Labute approximate surface area is 132 Å². The van der Waals surface area contributed by atoms with Gasteiger partial charge in [0.2, 0.25) is 5.95 Å². The number of aliphatic hydroxyl groups excluding tert-OH is 1. The van der Waals surface area contributed by atoms with E-state index in [2.05, 4.69) is 19.8 Å². The molecular weight excluding hydrogens is 280 g/mol. The molecule has 3 rings (SSSR count). The molecule has 0 bridgehead atoms. The first-order chi connectivity index (χ1) is 10.6. The Balaban J connectivity index is 1.60.